The van der Waals surface area contributed by atoms with Gasteiger partial charge in [0.15, 0.2) is 0 Å². The lowest BCUT2D eigenvalue weighted by molar-refractivity contribution is 0.915. The summed E-state index contributed by atoms with van der Waals surface area (Å²) in [7, 11) is 0. The second-order valence-electron chi connectivity index (χ2n) is 2.87. The Morgan fingerprint density at radius 1 is 1.27 bits per heavy atom. The Kier molecular flexibility index (Phi) is 7.28. The van der Waals surface area contributed by atoms with Gasteiger partial charge in [-0.15, -0.1) is 0 Å². The van der Waals surface area contributed by atoms with Crippen LogP contribution in [0.4, 0.5) is 5.69 Å². The second kappa shape index (κ2) is 8.00. The van der Waals surface area contributed by atoms with Crippen molar-refractivity contribution in [3.05, 3.63) is 30.3 Å². The van der Waals surface area contributed by atoms with Crippen molar-refractivity contribution >= 4 is 11.4 Å². The lowest BCUT2D eigenvalue weighted by Crippen LogP contribution is -2.25. The molecule has 1 aromatic rings. The second-order valence-corrected chi connectivity index (χ2v) is 2.87. The number of benzene rings is 1. The maximum atomic E-state index is 5.72. The zero-order valence-electron chi connectivity index (χ0n) is 10.1. The Balaban J connectivity index is 0.000000921. The molecule has 0 radical (unpaired) electrons. The highest BCUT2D eigenvalue weighted by Gasteiger charge is 1.96. The van der Waals surface area contributed by atoms with E-state index >= 15 is 0 Å². The number of rotatable bonds is 3. The van der Waals surface area contributed by atoms with Gasteiger partial charge in [0, 0.05) is 5.71 Å². The molecule has 84 valence electrons. The van der Waals surface area contributed by atoms with Crippen LogP contribution < -0.4 is 11.0 Å². The predicted octanol–water partition coefficient (Wildman–Crippen LogP) is 3.18. The maximum Gasteiger partial charge on any atom is 0.0776 e. The number of anilines is 1. The molecule has 0 atom stereocenters. The summed E-state index contributed by atoms with van der Waals surface area (Å²) in [6.45, 7) is 8.01. The molecular formula is C12H21N3. The summed E-state index contributed by atoms with van der Waals surface area (Å²) < 4.78 is 0. The molecule has 3 heteroatoms. The summed E-state index contributed by atoms with van der Waals surface area (Å²) in [5.41, 5.74) is 1.92. The van der Waals surface area contributed by atoms with E-state index in [1.807, 2.05) is 51.1 Å². The third-order valence-corrected chi connectivity index (χ3v) is 1.81. The van der Waals surface area contributed by atoms with Crippen LogP contribution in [0, 0.1) is 0 Å². The third-order valence-electron chi connectivity index (χ3n) is 1.81. The molecule has 0 unspecified atom stereocenters. The van der Waals surface area contributed by atoms with Crippen molar-refractivity contribution < 1.29 is 0 Å². The predicted molar refractivity (Wildman–Crippen MR) is 67.9 cm³/mol. The van der Waals surface area contributed by atoms with Crippen molar-refractivity contribution in [1.82, 2.24) is 0 Å². The zero-order valence-corrected chi connectivity index (χ0v) is 10.1. The summed E-state index contributed by atoms with van der Waals surface area (Å²) in [4.78, 5) is 0. The van der Waals surface area contributed by atoms with Crippen LogP contribution in [0.5, 0.6) is 0 Å². The number of hydrogen-bond donors (Lipinski definition) is 1. The molecule has 1 rings (SSSR count). The first-order chi connectivity index (χ1) is 7.24. The van der Waals surface area contributed by atoms with Gasteiger partial charge in [0.05, 0.1) is 5.69 Å². The van der Waals surface area contributed by atoms with Crippen molar-refractivity contribution in [3.8, 4) is 0 Å². The number of nitrogens with zero attached hydrogens (tertiary/aromatic N) is 2. The molecule has 3 nitrogen and oxygen atoms in total. The molecule has 1 aromatic carbocycles. The van der Waals surface area contributed by atoms with E-state index in [-0.39, 0.29) is 0 Å². The van der Waals surface area contributed by atoms with E-state index in [0.717, 1.165) is 17.8 Å². The molecule has 0 aromatic heterocycles. The largest absolute Gasteiger partial charge is 0.226 e. The van der Waals surface area contributed by atoms with Gasteiger partial charge in [-0.1, -0.05) is 39.0 Å². The highest BCUT2D eigenvalue weighted by atomic mass is 15.6. The van der Waals surface area contributed by atoms with Crippen molar-refractivity contribution in [2.24, 2.45) is 10.9 Å². The van der Waals surface area contributed by atoms with Crippen LogP contribution in [0.3, 0.4) is 0 Å². The van der Waals surface area contributed by atoms with Crippen molar-refractivity contribution in [2.45, 2.75) is 34.1 Å². The van der Waals surface area contributed by atoms with E-state index in [1.165, 1.54) is 5.12 Å². The quantitative estimate of drug-likeness (QED) is 0.470. The summed E-state index contributed by atoms with van der Waals surface area (Å²) in [6.07, 6.45) is 0.917. The molecule has 0 spiro atoms. The highest BCUT2D eigenvalue weighted by molar-refractivity contribution is 5.82. The minimum Gasteiger partial charge on any atom is -0.226 e. The molecule has 15 heavy (non-hydrogen) atoms. The molecule has 0 amide bonds. The first-order valence-electron chi connectivity index (χ1n) is 5.38. The lowest BCUT2D eigenvalue weighted by atomic mass is 10.3. The number of hydrazine groups is 1. The van der Waals surface area contributed by atoms with Crippen molar-refractivity contribution in [3.63, 3.8) is 0 Å². The topological polar surface area (TPSA) is 41.6 Å². The van der Waals surface area contributed by atoms with Crippen LogP contribution in [0.15, 0.2) is 35.4 Å². The van der Waals surface area contributed by atoms with Gasteiger partial charge in [0.2, 0.25) is 0 Å². The van der Waals surface area contributed by atoms with Crippen LogP contribution in [0.25, 0.3) is 0 Å². The van der Waals surface area contributed by atoms with E-state index < -0.39 is 0 Å². The fourth-order valence-electron chi connectivity index (χ4n) is 0.893. The fourth-order valence-corrected chi connectivity index (χ4v) is 0.893. The maximum absolute atomic E-state index is 5.72. The molecule has 0 heterocycles. The normalized spacial score (nSPS) is 10.3. The van der Waals surface area contributed by atoms with E-state index in [9.17, 15) is 0 Å². The first-order valence-corrected chi connectivity index (χ1v) is 5.38. The molecular weight excluding hydrogens is 186 g/mol. The van der Waals surface area contributed by atoms with Crippen LogP contribution in [-0.2, 0) is 0 Å². The SMILES string of the molecule is CC.CC/C(C)=N\N(N)c1ccccc1. The smallest absolute Gasteiger partial charge is 0.0776 e. The third kappa shape index (κ3) is 5.18. The summed E-state index contributed by atoms with van der Waals surface area (Å²) in [5, 5.41) is 5.60. The standard InChI is InChI=1S/C10H15N3.C2H6/c1-3-9(2)12-13(11)10-7-5-4-6-8-10;1-2/h4-8H,3,11H2,1-2H3;1-2H3/b12-9-;. The Labute approximate surface area is 92.6 Å². The Morgan fingerprint density at radius 2 is 1.80 bits per heavy atom. The zero-order chi connectivity index (χ0) is 11.7. The van der Waals surface area contributed by atoms with Gasteiger partial charge >= 0.3 is 0 Å². The first kappa shape index (κ1) is 13.7. The minimum atomic E-state index is 0.898. The van der Waals surface area contributed by atoms with Gasteiger partial charge < -0.3 is 0 Å². The Bertz CT molecular complexity index is 280. The number of hydrazone groups is 1. The Hall–Kier alpha value is -1.35. The minimum absolute atomic E-state index is 0.898. The Morgan fingerprint density at radius 3 is 2.27 bits per heavy atom. The summed E-state index contributed by atoms with van der Waals surface area (Å²) >= 11 is 0. The van der Waals surface area contributed by atoms with Gasteiger partial charge in [-0.3, -0.25) is 0 Å². The van der Waals surface area contributed by atoms with Crippen molar-refractivity contribution in [1.29, 1.82) is 0 Å². The average Bonchev–Trinajstić information content (AvgIpc) is 2.32. The van der Waals surface area contributed by atoms with Gasteiger partial charge in [-0.2, -0.15) is 10.2 Å². The van der Waals surface area contributed by atoms with Crippen LogP contribution in [0.2, 0.25) is 0 Å². The molecule has 0 bridgehead atoms. The average molecular weight is 207 g/mol. The van der Waals surface area contributed by atoms with E-state index in [1.54, 1.807) is 0 Å². The number of hydrogen-bond acceptors (Lipinski definition) is 3. The number of nitrogens with two attached hydrogens (primary N) is 1. The molecule has 0 saturated heterocycles. The lowest BCUT2D eigenvalue weighted by Gasteiger charge is -2.12. The molecule has 0 aliphatic rings. The summed E-state index contributed by atoms with van der Waals surface area (Å²) in [5.74, 6) is 5.72. The summed E-state index contributed by atoms with van der Waals surface area (Å²) in [6, 6.07) is 9.67. The van der Waals surface area contributed by atoms with Gasteiger partial charge in [0.25, 0.3) is 0 Å². The monoisotopic (exact) mass is 207 g/mol. The molecule has 2 N–H and O–H groups in total. The van der Waals surface area contributed by atoms with Crippen LogP contribution in [0.1, 0.15) is 34.1 Å². The van der Waals surface area contributed by atoms with Crippen molar-refractivity contribution in [2.75, 3.05) is 5.12 Å². The highest BCUT2D eigenvalue weighted by Crippen LogP contribution is 2.09. The van der Waals surface area contributed by atoms with Crippen LogP contribution in [-0.4, -0.2) is 5.71 Å². The van der Waals surface area contributed by atoms with Gasteiger partial charge in [-0.25, -0.2) is 5.84 Å². The molecule has 0 aliphatic heterocycles. The van der Waals surface area contributed by atoms with E-state index in [0.29, 0.717) is 0 Å². The van der Waals surface area contributed by atoms with Crippen LogP contribution >= 0.6 is 0 Å². The molecule has 0 fully saturated rings. The van der Waals surface area contributed by atoms with E-state index in [2.05, 4.69) is 12.0 Å². The van der Waals surface area contributed by atoms with Gasteiger partial charge in [-0.05, 0) is 25.5 Å². The number of para-hydroxylation sites is 1. The fraction of sp³-hybridized carbons (Fsp3) is 0.417. The molecule has 0 aliphatic carbocycles. The van der Waals surface area contributed by atoms with Gasteiger partial charge in [0.1, 0.15) is 0 Å². The van der Waals surface area contributed by atoms with E-state index in [4.69, 9.17) is 5.84 Å². The molecule has 0 saturated carbocycles.